The summed E-state index contributed by atoms with van der Waals surface area (Å²) in [6.07, 6.45) is 0.608. The molecule has 1 atom stereocenters. The van der Waals surface area contributed by atoms with Crippen LogP contribution >= 0.6 is 11.3 Å². The van der Waals surface area contributed by atoms with E-state index in [-0.39, 0.29) is 42.1 Å². The van der Waals surface area contributed by atoms with E-state index in [2.05, 4.69) is 0 Å². The molecule has 1 unspecified atom stereocenters. The summed E-state index contributed by atoms with van der Waals surface area (Å²) >= 11 is 1.52. The fourth-order valence-electron chi connectivity index (χ4n) is 3.45. The van der Waals surface area contributed by atoms with Gasteiger partial charge in [0.2, 0.25) is 5.91 Å². The molecule has 0 bridgehead atoms. The lowest BCUT2D eigenvalue weighted by molar-refractivity contribution is -0.384. The number of halogens is 1. The topological polar surface area (TPSA) is 83.8 Å². The maximum Gasteiger partial charge on any atom is 0.270 e. The van der Waals surface area contributed by atoms with Crippen LogP contribution in [0.2, 0.25) is 0 Å². The Morgan fingerprint density at radius 1 is 1.09 bits per heavy atom. The third kappa shape index (κ3) is 6.48. The quantitative estimate of drug-likeness (QED) is 0.291. The number of benzene rings is 2. The molecule has 3 rings (SSSR count). The van der Waals surface area contributed by atoms with Gasteiger partial charge in [-0.05, 0) is 48.6 Å². The minimum atomic E-state index is -0.555. The first-order valence-electron chi connectivity index (χ1n) is 10.9. The molecule has 0 saturated carbocycles. The summed E-state index contributed by atoms with van der Waals surface area (Å²) in [5.74, 6) is -1.06. The van der Waals surface area contributed by atoms with E-state index in [0.717, 1.165) is 10.4 Å². The molecule has 0 fully saturated rings. The van der Waals surface area contributed by atoms with Crippen molar-refractivity contribution in [3.05, 3.63) is 98.0 Å². The molecule has 178 valence electrons. The molecule has 2 amide bonds. The normalized spacial score (nSPS) is 11.6. The van der Waals surface area contributed by atoms with Crippen molar-refractivity contribution in [1.82, 2.24) is 9.80 Å². The van der Waals surface area contributed by atoms with Crippen molar-refractivity contribution in [3.63, 3.8) is 0 Å². The van der Waals surface area contributed by atoms with Crippen LogP contribution in [0, 0.1) is 15.9 Å². The van der Waals surface area contributed by atoms with E-state index in [0.29, 0.717) is 13.0 Å². The number of rotatable bonds is 10. The number of thiophene rings is 1. The summed E-state index contributed by atoms with van der Waals surface area (Å²) in [4.78, 5) is 41.4. The standard InChI is InChI=1S/C25H26FN3O4S/c1-3-18(2)28(25(31)20-6-4-7-22(14-20)29(32)33)17-24(30)27(16-23-8-5-13-34-23)15-19-9-11-21(26)12-10-19/h4-14,18H,3,15-17H2,1-2H3. The van der Waals surface area contributed by atoms with Gasteiger partial charge in [-0.1, -0.05) is 31.2 Å². The average molecular weight is 484 g/mol. The van der Waals surface area contributed by atoms with Gasteiger partial charge in [0.1, 0.15) is 12.4 Å². The van der Waals surface area contributed by atoms with Crippen LogP contribution in [0.1, 0.15) is 41.1 Å². The lowest BCUT2D eigenvalue weighted by atomic mass is 10.1. The number of nitro groups is 1. The smallest absolute Gasteiger partial charge is 0.270 e. The van der Waals surface area contributed by atoms with Gasteiger partial charge >= 0.3 is 0 Å². The Balaban J connectivity index is 1.85. The molecular weight excluding hydrogens is 457 g/mol. The lowest BCUT2D eigenvalue weighted by Crippen LogP contribution is -2.46. The van der Waals surface area contributed by atoms with Gasteiger partial charge in [0, 0.05) is 35.2 Å². The molecule has 34 heavy (non-hydrogen) atoms. The van der Waals surface area contributed by atoms with Gasteiger partial charge in [0.25, 0.3) is 11.6 Å². The first kappa shape index (κ1) is 25.0. The minimum Gasteiger partial charge on any atom is -0.332 e. The molecule has 0 aliphatic heterocycles. The number of hydrogen-bond donors (Lipinski definition) is 0. The Hall–Kier alpha value is -3.59. The third-order valence-corrected chi connectivity index (χ3v) is 6.42. The van der Waals surface area contributed by atoms with Gasteiger partial charge in [-0.25, -0.2) is 4.39 Å². The Morgan fingerprint density at radius 3 is 2.44 bits per heavy atom. The lowest BCUT2D eigenvalue weighted by Gasteiger charge is -2.31. The summed E-state index contributed by atoms with van der Waals surface area (Å²) in [7, 11) is 0. The number of carbonyl (C=O) groups excluding carboxylic acids is 2. The Labute approximate surface area is 201 Å². The highest BCUT2D eigenvalue weighted by Gasteiger charge is 2.27. The van der Waals surface area contributed by atoms with Crippen molar-refractivity contribution in [3.8, 4) is 0 Å². The zero-order valence-electron chi connectivity index (χ0n) is 19.0. The van der Waals surface area contributed by atoms with Crippen molar-refractivity contribution in [2.45, 2.75) is 39.4 Å². The largest absolute Gasteiger partial charge is 0.332 e. The highest BCUT2D eigenvalue weighted by molar-refractivity contribution is 7.09. The predicted molar refractivity (Wildman–Crippen MR) is 129 cm³/mol. The Kier molecular flexibility index (Phi) is 8.48. The molecule has 1 heterocycles. The van der Waals surface area contributed by atoms with E-state index in [1.165, 1.54) is 52.6 Å². The van der Waals surface area contributed by atoms with Gasteiger partial charge in [0.05, 0.1) is 11.5 Å². The van der Waals surface area contributed by atoms with Crippen LogP contribution in [0.4, 0.5) is 10.1 Å². The summed E-state index contributed by atoms with van der Waals surface area (Å²) in [5.41, 5.74) is 0.744. The summed E-state index contributed by atoms with van der Waals surface area (Å²) in [6.45, 7) is 4.18. The number of nitrogens with zero attached hydrogens (tertiary/aromatic N) is 3. The van der Waals surface area contributed by atoms with Gasteiger partial charge < -0.3 is 9.80 Å². The van der Waals surface area contributed by atoms with Crippen molar-refractivity contribution >= 4 is 28.8 Å². The first-order valence-corrected chi connectivity index (χ1v) is 11.8. The number of hydrogen-bond acceptors (Lipinski definition) is 5. The van der Waals surface area contributed by atoms with Crippen molar-refractivity contribution in [2.75, 3.05) is 6.54 Å². The highest BCUT2D eigenvalue weighted by Crippen LogP contribution is 2.19. The molecule has 2 aromatic carbocycles. The van der Waals surface area contributed by atoms with E-state index in [1.807, 2.05) is 31.4 Å². The molecule has 0 aliphatic carbocycles. The van der Waals surface area contributed by atoms with Crippen molar-refractivity contribution in [2.24, 2.45) is 0 Å². The number of nitro benzene ring substituents is 1. The van der Waals surface area contributed by atoms with Crippen LogP contribution in [0.15, 0.2) is 66.0 Å². The molecule has 0 radical (unpaired) electrons. The maximum atomic E-state index is 13.4. The molecule has 7 nitrogen and oxygen atoms in total. The monoisotopic (exact) mass is 483 g/mol. The zero-order valence-corrected chi connectivity index (χ0v) is 19.8. The van der Waals surface area contributed by atoms with E-state index in [4.69, 9.17) is 0 Å². The third-order valence-electron chi connectivity index (χ3n) is 5.56. The van der Waals surface area contributed by atoms with E-state index < -0.39 is 10.8 Å². The van der Waals surface area contributed by atoms with Crippen LogP contribution in [0.5, 0.6) is 0 Å². The predicted octanol–water partition coefficient (Wildman–Crippen LogP) is 5.27. The molecule has 0 aliphatic rings. The van der Waals surface area contributed by atoms with Crippen LogP contribution in [-0.2, 0) is 17.9 Å². The Bertz CT molecular complexity index is 1140. The van der Waals surface area contributed by atoms with Gasteiger partial charge in [-0.15, -0.1) is 11.3 Å². The van der Waals surface area contributed by atoms with Gasteiger partial charge in [0.15, 0.2) is 0 Å². The van der Waals surface area contributed by atoms with Crippen molar-refractivity contribution in [1.29, 1.82) is 0 Å². The second kappa shape index (κ2) is 11.5. The van der Waals surface area contributed by atoms with Crippen LogP contribution in [-0.4, -0.2) is 39.1 Å². The molecule has 0 spiro atoms. The maximum absolute atomic E-state index is 13.4. The fourth-order valence-corrected chi connectivity index (χ4v) is 4.16. The van der Waals surface area contributed by atoms with E-state index in [9.17, 15) is 24.1 Å². The molecular formula is C25H26FN3O4S. The zero-order chi connectivity index (χ0) is 24.7. The summed E-state index contributed by atoms with van der Waals surface area (Å²) in [6, 6.07) is 15.0. The molecule has 0 N–H and O–H groups in total. The first-order chi connectivity index (χ1) is 16.3. The molecule has 3 aromatic rings. The van der Waals surface area contributed by atoms with E-state index in [1.54, 1.807) is 17.0 Å². The molecule has 0 saturated heterocycles. The second-order valence-corrected chi connectivity index (χ2v) is 8.99. The van der Waals surface area contributed by atoms with Crippen LogP contribution in [0.25, 0.3) is 0 Å². The minimum absolute atomic E-state index is 0.158. The van der Waals surface area contributed by atoms with Crippen LogP contribution in [0.3, 0.4) is 0 Å². The second-order valence-electron chi connectivity index (χ2n) is 7.95. The van der Waals surface area contributed by atoms with Gasteiger partial charge in [-0.2, -0.15) is 0 Å². The summed E-state index contributed by atoms with van der Waals surface area (Å²) in [5, 5.41) is 13.1. The fraction of sp³-hybridized carbons (Fsp3) is 0.280. The number of carbonyl (C=O) groups is 2. The van der Waals surface area contributed by atoms with Crippen molar-refractivity contribution < 1.29 is 18.9 Å². The number of amides is 2. The summed E-state index contributed by atoms with van der Waals surface area (Å²) < 4.78 is 13.4. The van der Waals surface area contributed by atoms with Gasteiger partial charge in [-0.3, -0.25) is 19.7 Å². The average Bonchev–Trinajstić information content (AvgIpc) is 3.35. The van der Waals surface area contributed by atoms with E-state index >= 15 is 0 Å². The molecule has 9 heteroatoms. The van der Waals surface area contributed by atoms with Crippen LogP contribution < -0.4 is 0 Å². The molecule has 1 aromatic heterocycles. The highest BCUT2D eigenvalue weighted by atomic mass is 32.1. The SMILES string of the molecule is CCC(C)N(CC(=O)N(Cc1ccc(F)cc1)Cc1cccs1)C(=O)c1cccc([N+](=O)[O-])c1. The number of non-ortho nitro benzene ring substituents is 1. The Morgan fingerprint density at radius 2 is 1.82 bits per heavy atom.